The van der Waals surface area contributed by atoms with Gasteiger partial charge in [-0.25, -0.2) is 13.8 Å². The van der Waals surface area contributed by atoms with Crippen LogP contribution in [0.2, 0.25) is 0 Å². The Morgan fingerprint density at radius 2 is 1.80 bits per heavy atom. The van der Waals surface area contributed by atoms with Crippen LogP contribution < -0.4 is 5.32 Å². The summed E-state index contributed by atoms with van der Waals surface area (Å²) in [5, 5.41) is 11.7. The highest BCUT2D eigenvalue weighted by Gasteiger charge is 2.27. The standard InChI is InChI=1S/C17H16F2N2O4/c18-11-2-1-3-12(19)14(11)16-21-13(8-25-16)15(22)20-10-6-4-9(5-7-10)17(23)24/h1-3,8-10H,4-7H2,(H,20,22)(H,23,24). The van der Waals surface area contributed by atoms with Gasteiger partial charge in [0.15, 0.2) is 5.69 Å². The van der Waals surface area contributed by atoms with E-state index in [-0.39, 0.29) is 23.5 Å². The largest absolute Gasteiger partial charge is 0.481 e. The summed E-state index contributed by atoms with van der Waals surface area (Å²) in [5.74, 6) is -3.70. The summed E-state index contributed by atoms with van der Waals surface area (Å²) in [6, 6.07) is 3.21. The molecule has 1 aliphatic rings. The fourth-order valence-electron chi connectivity index (χ4n) is 2.94. The summed E-state index contributed by atoms with van der Waals surface area (Å²) >= 11 is 0. The number of amides is 1. The smallest absolute Gasteiger partial charge is 0.306 e. The molecule has 0 unspecified atom stereocenters. The number of halogens is 2. The molecular formula is C17H16F2N2O4. The van der Waals surface area contributed by atoms with Crippen LogP contribution in [0.5, 0.6) is 0 Å². The monoisotopic (exact) mass is 350 g/mol. The molecule has 8 heteroatoms. The maximum absolute atomic E-state index is 13.7. The molecule has 3 rings (SSSR count). The lowest BCUT2D eigenvalue weighted by atomic mass is 9.86. The number of oxazole rings is 1. The average Bonchev–Trinajstić information content (AvgIpc) is 3.05. The first-order valence-electron chi connectivity index (χ1n) is 7.89. The number of nitrogens with zero attached hydrogens (tertiary/aromatic N) is 1. The first kappa shape index (κ1) is 17.1. The lowest BCUT2D eigenvalue weighted by Gasteiger charge is -2.26. The predicted octanol–water partition coefficient (Wildman–Crippen LogP) is 2.99. The minimum absolute atomic E-state index is 0.0852. The van der Waals surface area contributed by atoms with E-state index in [4.69, 9.17) is 9.52 Å². The second-order valence-corrected chi connectivity index (χ2v) is 5.99. The Bertz CT molecular complexity index is 777. The molecule has 6 nitrogen and oxygen atoms in total. The third kappa shape index (κ3) is 3.67. The Morgan fingerprint density at radius 1 is 1.16 bits per heavy atom. The molecule has 1 aliphatic carbocycles. The lowest BCUT2D eigenvalue weighted by molar-refractivity contribution is -0.142. The van der Waals surface area contributed by atoms with Crippen LogP contribution in [0.1, 0.15) is 36.2 Å². The van der Waals surface area contributed by atoms with Crippen molar-refractivity contribution in [2.75, 3.05) is 0 Å². The SMILES string of the molecule is O=C(NC1CCC(C(=O)O)CC1)c1coc(-c2c(F)cccc2F)n1. The molecule has 0 atom stereocenters. The van der Waals surface area contributed by atoms with Gasteiger partial charge in [0.2, 0.25) is 5.89 Å². The number of rotatable bonds is 4. The van der Waals surface area contributed by atoms with Gasteiger partial charge in [-0.1, -0.05) is 6.07 Å². The highest BCUT2D eigenvalue weighted by Crippen LogP contribution is 2.26. The Kier molecular flexibility index (Phi) is 4.78. The van der Waals surface area contributed by atoms with E-state index < -0.39 is 29.1 Å². The van der Waals surface area contributed by atoms with Gasteiger partial charge in [-0.15, -0.1) is 0 Å². The molecule has 2 N–H and O–H groups in total. The van der Waals surface area contributed by atoms with Crippen molar-refractivity contribution in [2.45, 2.75) is 31.7 Å². The molecule has 0 saturated heterocycles. The van der Waals surface area contributed by atoms with Crippen molar-refractivity contribution in [1.82, 2.24) is 10.3 Å². The molecule has 1 amide bonds. The second-order valence-electron chi connectivity index (χ2n) is 5.99. The molecule has 0 bridgehead atoms. The molecule has 132 valence electrons. The number of nitrogens with one attached hydrogen (secondary N) is 1. The van der Waals surface area contributed by atoms with Gasteiger partial charge < -0.3 is 14.8 Å². The number of hydrogen-bond acceptors (Lipinski definition) is 4. The van der Waals surface area contributed by atoms with Gasteiger partial charge >= 0.3 is 5.97 Å². The van der Waals surface area contributed by atoms with Gasteiger partial charge in [-0.05, 0) is 37.8 Å². The Hall–Kier alpha value is -2.77. The highest BCUT2D eigenvalue weighted by molar-refractivity contribution is 5.92. The zero-order valence-electron chi connectivity index (χ0n) is 13.2. The molecule has 0 aliphatic heterocycles. The fourth-order valence-corrected chi connectivity index (χ4v) is 2.94. The van der Waals surface area contributed by atoms with Crippen molar-refractivity contribution < 1.29 is 27.9 Å². The molecular weight excluding hydrogens is 334 g/mol. The number of carbonyl (C=O) groups is 2. The number of benzene rings is 1. The van der Waals surface area contributed by atoms with Crippen molar-refractivity contribution in [2.24, 2.45) is 5.92 Å². The van der Waals surface area contributed by atoms with E-state index in [1.54, 1.807) is 0 Å². The van der Waals surface area contributed by atoms with Gasteiger partial charge in [0.05, 0.1) is 5.92 Å². The molecule has 2 aromatic rings. The zero-order valence-corrected chi connectivity index (χ0v) is 13.2. The first-order valence-corrected chi connectivity index (χ1v) is 7.89. The van der Waals surface area contributed by atoms with Crippen molar-refractivity contribution in [3.05, 3.63) is 41.8 Å². The number of aliphatic carboxylic acids is 1. The third-order valence-corrected chi connectivity index (χ3v) is 4.33. The number of carboxylic acid groups (broad SMARTS) is 1. The lowest BCUT2D eigenvalue weighted by Crippen LogP contribution is -2.38. The molecule has 1 fully saturated rings. The van der Waals surface area contributed by atoms with E-state index >= 15 is 0 Å². The molecule has 0 spiro atoms. The Morgan fingerprint density at radius 3 is 2.40 bits per heavy atom. The van der Waals surface area contributed by atoms with Gasteiger partial charge in [0, 0.05) is 6.04 Å². The molecule has 0 radical (unpaired) electrons. The van der Waals surface area contributed by atoms with Crippen LogP contribution in [0.3, 0.4) is 0 Å². The topological polar surface area (TPSA) is 92.4 Å². The number of aromatic nitrogens is 1. The summed E-state index contributed by atoms with van der Waals surface area (Å²) in [4.78, 5) is 27.0. The van der Waals surface area contributed by atoms with Gasteiger partial charge in [-0.2, -0.15) is 0 Å². The van der Waals surface area contributed by atoms with Gasteiger partial charge in [-0.3, -0.25) is 9.59 Å². The zero-order chi connectivity index (χ0) is 18.0. The molecule has 1 heterocycles. The normalized spacial score (nSPS) is 20.2. The summed E-state index contributed by atoms with van der Waals surface area (Å²) in [7, 11) is 0. The van der Waals surface area contributed by atoms with Gasteiger partial charge in [0.1, 0.15) is 23.5 Å². The van der Waals surface area contributed by atoms with Crippen molar-refractivity contribution in [1.29, 1.82) is 0 Å². The summed E-state index contributed by atoms with van der Waals surface area (Å²) in [6.45, 7) is 0. The maximum Gasteiger partial charge on any atom is 0.306 e. The van der Waals surface area contributed by atoms with Crippen LogP contribution in [0, 0.1) is 17.6 Å². The predicted molar refractivity (Wildman–Crippen MR) is 82.7 cm³/mol. The van der Waals surface area contributed by atoms with Crippen molar-refractivity contribution in [3.63, 3.8) is 0 Å². The Balaban J connectivity index is 1.67. The number of hydrogen-bond donors (Lipinski definition) is 2. The van der Waals surface area contributed by atoms with Crippen LogP contribution >= 0.6 is 0 Å². The molecule has 1 aromatic carbocycles. The van der Waals surface area contributed by atoms with E-state index in [2.05, 4.69) is 10.3 Å². The Labute approximate surface area is 141 Å². The fraction of sp³-hybridized carbons (Fsp3) is 0.353. The van der Waals surface area contributed by atoms with Crippen LogP contribution in [0.25, 0.3) is 11.5 Å². The van der Waals surface area contributed by atoms with Crippen molar-refractivity contribution >= 4 is 11.9 Å². The van der Waals surface area contributed by atoms with Crippen molar-refractivity contribution in [3.8, 4) is 11.5 Å². The summed E-state index contributed by atoms with van der Waals surface area (Å²) in [5.41, 5.74) is -0.512. The highest BCUT2D eigenvalue weighted by atomic mass is 19.1. The van der Waals surface area contributed by atoms with Crippen LogP contribution in [-0.4, -0.2) is 28.0 Å². The van der Waals surface area contributed by atoms with E-state index in [9.17, 15) is 18.4 Å². The van der Waals surface area contributed by atoms with E-state index in [0.717, 1.165) is 18.4 Å². The van der Waals surface area contributed by atoms with E-state index in [0.29, 0.717) is 25.7 Å². The third-order valence-electron chi connectivity index (χ3n) is 4.33. The van der Waals surface area contributed by atoms with E-state index in [1.807, 2.05) is 0 Å². The van der Waals surface area contributed by atoms with Crippen LogP contribution in [0.4, 0.5) is 8.78 Å². The number of carboxylic acids is 1. The van der Waals surface area contributed by atoms with Crippen LogP contribution in [0.15, 0.2) is 28.9 Å². The average molecular weight is 350 g/mol. The molecule has 25 heavy (non-hydrogen) atoms. The number of carbonyl (C=O) groups excluding carboxylic acids is 1. The molecule has 1 aromatic heterocycles. The second kappa shape index (κ2) is 7.00. The minimum Gasteiger partial charge on any atom is -0.481 e. The van der Waals surface area contributed by atoms with E-state index in [1.165, 1.54) is 6.07 Å². The summed E-state index contributed by atoms with van der Waals surface area (Å²) in [6.07, 6.45) is 3.12. The van der Waals surface area contributed by atoms with Crippen LogP contribution in [-0.2, 0) is 4.79 Å². The first-order chi connectivity index (χ1) is 12.0. The summed E-state index contributed by atoms with van der Waals surface area (Å²) < 4.78 is 32.5. The maximum atomic E-state index is 13.7. The minimum atomic E-state index is -0.833. The van der Waals surface area contributed by atoms with Gasteiger partial charge in [0.25, 0.3) is 5.91 Å². The quantitative estimate of drug-likeness (QED) is 0.884. The molecule has 1 saturated carbocycles.